The van der Waals surface area contributed by atoms with E-state index >= 15 is 0 Å². The zero-order valence-electron chi connectivity index (χ0n) is 12.1. The minimum absolute atomic E-state index is 0.230. The molecule has 114 valence electrons. The first-order valence-electron chi connectivity index (χ1n) is 7.11. The predicted molar refractivity (Wildman–Crippen MR) is 85.7 cm³/mol. The third-order valence-corrected chi connectivity index (χ3v) is 3.67. The third-order valence-electron chi connectivity index (χ3n) is 3.40. The Labute approximate surface area is 130 Å². The van der Waals surface area contributed by atoms with Gasteiger partial charge in [0.05, 0.1) is 7.11 Å². The van der Waals surface area contributed by atoms with E-state index in [-0.39, 0.29) is 11.2 Å². The van der Waals surface area contributed by atoms with E-state index in [2.05, 4.69) is 10.6 Å². The van der Waals surface area contributed by atoms with Gasteiger partial charge in [-0.1, -0.05) is 25.3 Å². The van der Waals surface area contributed by atoms with Gasteiger partial charge in [0.15, 0.2) is 0 Å². The van der Waals surface area contributed by atoms with Gasteiger partial charge in [0.2, 0.25) is 0 Å². The average Bonchev–Trinajstić information content (AvgIpc) is 2.48. The summed E-state index contributed by atoms with van der Waals surface area (Å²) in [5.74, 6) is 0.465. The van der Waals surface area contributed by atoms with E-state index in [0.717, 1.165) is 12.8 Å². The van der Waals surface area contributed by atoms with Crippen LogP contribution in [0.3, 0.4) is 0 Å². The van der Waals surface area contributed by atoms with Crippen LogP contribution in [-0.4, -0.2) is 24.4 Å². The van der Waals surface area contributed by atoms with Crippen molar-refractivity contribution >= 4 is 29.2 Å². The zero-order valence-corrected chi connectivity index (χ0v) is 12.9. The quantitative estimate of drug-likeness (QED) is 0.838. The zero-order chi connectivity index (χ0) is 15.1. The minimum atomic E-state index is -0.409. The molecule has 1 amide bonds. The predicted octanol–water partition coefficient (Wildman–Crippen LogP) is 3.45. The molecule has 5 nitrogen and oxygen atoms in total. The van der Waals surface area contributed by atoms with Crippen molar-refractivity contribution in [1.82, 2.24) is 5.32 Å². The number of thiocarbonyl (C=S) groups is 1. The van der Waals surface area contributed by atoms with Gasteiger partial charge >= 0.3 is 6.09 Å². The van der Waals surface area contributed by atoms with Crippen LogP contribution in [0.25, 0.3) is 0 Å². The number of benzene rings is 1. The van der Waals surface area contributed by atoms with E-state index in [4.69, 9.17) is 21.7 Å². The molecule has 1 fully saturated rings. The highest BCUT2D eigenvalue weighted by Crippen LogP contribution is 2.19. The summed E-state index contributed by atoms with van der Waals surface area (Å²) in [5.41, 5.74) is 0.713. The van der Waals surface area contributed by atoms with Gasteiger partial charge < -0.3 is 20.1 Å². The fourth-order valence-electron chi connectivity index (χ4n) is 2.36. The lowest BCUT2D eigenvalue weighted by Crippen LogP contribution is -2.38. The molecule has 1 aliphatic carbocycles. The second-order valence-corrected chi connectivity index (χ2v) is 5.38. The van der Waals surface area contributed by atoms with E-state index in [9.17, 15) is 4.79 Å². The summed E-state index contributed by atoms with van der Waals surface area (Å²) in [7, 11) is 1.49. The van der Waals surface area contributed by atoms with Crippen LogP contribution in [0.1, 0.15) is 32.1 Å². The second kappa shape index (κ2) is 7.83. The molecular formula is C15H20N2O3S. The summed E-state index contributed by atoms with van der Waals surface area (Å²) >= 11 is 4.92. The molecule has 0 heterocycles. The number of methoxy groups -OCH3 is 1. The first-order valence-corrected chi connectivity index (χ1v) is 7.51. The average molecular weight is 308 g/mol. The fraction of sp³-hybridized carbons (Fsp3) is 0.467. The molecule has 6 heteroatoms. The normalized spacial score (nSPS) is 15.1. The minimum Gasteiger partial charge on any atom is -0.474 e. The van der Waals surface area contributed by atoms with E-state index in [0.29, 0.717) is 11.4 Å². The Morgan fingerprint density at radius 3 is 2.76 bits per heavy atom. The number of ether oxygens (including phenoxy) is 2. The summed E-state index contributed by atoms with van der Waals surface area (Å²) in [4.78, 5) is 11.9. The van der Waals surface area contributed by atoms with Gasteiger partial charge in [0.25, 0.3) is 5.17 Å². The molecule has 2 rings (SSSR count). The van der Waals surface area contributed by atoms with Gasteiger partial charge in [0, 0.05) is 17.8 Å². The first kappa shape index (κ1) is 15.6. The number of carbonyl (C=O) groups is 1. The van der Waals surface area contributed by atoms with Gasteiger partial charge in [-0.05, 0) is 37.2 Å². The van der Waals surface area contributed by atoms with Crippen LogP contribution in [0.5, 0.6) is 5.75 Å². The number of anilines is 1. The maximum absolute atomic E-state index is 11.9. The van der Waals surface area contributed by atoms with Crippen molar-refractivity contribution in [3.8, 4) is 5.75 Å². The molecule has 0 atom stereocenters. The molecule has 21 heavy (non-hydrogen) atoms. The lowest BCUT2D eigenvalue weighted by molar-refractivity contribution is 0.192. The Kier molecular flexibility index (Phi) is 5.80. The number of carbonyl (C=O) groups excluding carboxylic acids is 1. The van der Waals surface area contributed by atoms with E-state index in [1.807, 2.05) is 6.07 Å². The van der Waals surface area contributed by atoms with Crippen molar-refractivity contribution in [2.75, 3.05) is 12.4 Å². The Hall–Kier alpha value is -1.82. The summed E-state index contributed by atoms with van der Waals surface area (Å²) in [6, 6.07) is 7.25. The van der Waals surface area contributed by atoms with E-state index in [1.54, 1.807) is 18.2 Å². The summed E-state index contributed by atoms with van der Waals surface area (Å²) in [6.45, 7) is 0. The number of rotatable bonds is 3. The molecule has 2 N–H and O–H groups in total. The molecule has 0 spiro atoms. The van der Waals surface area contributed by atoms with Crippen LogP contribution in [0.15, 0.2) is 24.3 Å². The van der Waals surface area contributed by atoms with E-state index < -0.39 is 6.09 Å². The molecular weight excluding hydrogens is 288 g/mol. The standard InChI is InChI=1S/C15H20N2O3S/c1-19-15(21)17-12-8-5-9-13(10-12)20-14(18)16-11-6-3-2-4-7-11/h5,8-11H,2-4,6-7H2,1H3,(H,16,18)(H,17,21). The topological polar surface area (TPSA) is 59.6 Å². The molecule has 0 unspecified atom stereocenters. The Balaban J connectivity index is 1.87. The molecule has 0 radical (unpaired) electrons. The number of amides is 1. The Morgan fingerprint density at radius 1 is 1.29 bits per heavy atom. The van der Waals surface area contributed by atoms with Gasteiger partial charge in [-0.3, -0.25) is 0 Å². The van der Waals surface area contributed by atoms with Gasteiger partial charge in [-0.2, -0.15) is 0 Å². The van der Waals surface area contributed by atoms with Crippen LogP contribution < -0.4 is 15.4 Å². The van der Waals surface area contributed by atoms with Gasteiger partial charge in [0.1, 0.15) is 5.75 Å². The van der Waals surface area contributed by atoms with Gasteiger partial charge in [-0.15, -0.1) is 0 Å². The maximum Gasteiger partial charge on any atom is 0.412 e. The molecule has 0 saturated heterocycles. The lowest BCUT2D eigenvalue weighted by Gasteiger charge is -2.22. The van der Waals surface area contributed by atoms with Crippen LogP contribution in [-0.2, 0) is 4.74 Å². The molecule has 0 aliphatic heterocycles. The number of hydrogen-bond donors (Lipinski definition) is 2. The van der Waals surface area contributed by atoms with Crippen molar-refractivity contribution in [2.24, 2.45) is 0 Å². The number of nitrogens with one attached hydrogen (secondary N) is 2. The summed E-state index contributed by atoms with van der Waals surface area (Å²) in [5, 5.41) is 6.05. The second-order valence-electron chi connectivity index (χ2n) is 5.01. The van der Waals surface area contributed by atoms with E-state index in [1.165, 1.54) is 26.4 Å². The maximum atomic E-state index is 11.9. The van der Waals surface area contributed by atoms with Crippen LogP contribution in [0, 0.1) is 0 Å². The highest BCUT2D eigenvalue weighted by Gasteiger charge is 2.16. The van der Waals surface area contributed by atoms with Crippen molar-refractivity contribution < 1.29 is 14.3 Å². The van der Waals surface area contributed by atoms with Crippen LogP contribution in [0.2, 0.25) is 0 Å². The van der Waals surface area contributed by atoms with Crippen molar-refractivity contribution in [1.29, 1.82) is 0 Å². The summed E-state index contributed by atoms with van der Waals surface area (Å²) in [6.07, 6.45) is 5.23. The SMILES string of the molecule is COC(=S)Nc1cccc(OC(=O)NC2CCCCC2)c1. The molecule has 1 aliphatic rings. The number of hydrogen-bond acceptors (Lipinski definition) is 4. The lowest BCUT2D eigenvalue weighted by atomic mass is 9.96. The van der Waals surface area contributed by atoms with Crippen molar-refractivity contribution in [3.63, 3.8) is 0 Å². The third kappa shape index (κ3) is 5.23. The highest BCUT2D eigenvalue weighted by atomic mass is 32.1. The monoisotopic (exact) mass is 308 g/mol. The molecule has 0 aromatic heterocycles. The Bertz CT molecular complexity index is 501. The Morgan fingerprint density at radius 2 is 2.05 bits per heavy atom. The smallest absolute Gasteiger partial charge is 0.412 e. The van der Waals surface area contributed by atoms with Crippen molar-refractivity contribution in [3.05, 3.63) is 24.3 Å². The first-order chi connectivity index (χ1) is 10.2. The summed E-state index contributed by atoms with van der Waals surface area (Å²) < 4.78 is 10.2. The van der Waals surface area contributed by atoms with Crippen LogP contribution >= 0.6 is 12.2 Å². The van der Waals surface area contributed by atoms with Crippen molar-refractivity contribution in [2.45, 2.75) is 38.1 Å². The molecule has 1 aromatic rings. The molecule has 0 bridgehead atoms. The largest absolute Gasteiger partial charge is 0.474 e. The molecule has 1 aromatic carbocycles. The fourth-order valence-corrected chi connectivity index (χ4v) is 2.47. The molecule has 1 saturated carbocycles. The highest BCUT2D eigenvalue weighted by molar-refractivity contribution is 7.80. The van der Waals surface area contributed by atoms with Crippen LogP contribution in [0.4, 0.5) is 10.5 Å². The van der Waals surface area contributed by atoms with Gasteiger partial charge in [-0.25, -0.2) is 4.79 Å².